The Hall–Kier alpha value is -2.81. The molecule has 4 atom stereocenters. The summed E-state index contributed by atoms with van der Waals surface area (Å²) in [6.45, 7) is 3.64. The Bertz CT molecular complexity index is 1010. The van der Waals surface area contributed by atoms with Gasteiger partial charge in [-0.15, -0.1) is 0 Å². The van der Waals surface area contributed by atoms with Crippen molar-refractivity contribution in [1.29, 1.82) is 0 Å². The zero-order chi connectivity index (χ0) is 23.0. The topological polar surface area (TPSA) is 78.7 Å². The normalized spacial score (nSPS) is 25.8. The Labute approximate surface area is 185 Å². The SMILES string of the molecule is C[C@H]1CC[C@@H]1N1CC[C@H](NC(=O)c2cc(-c3ccc(F)cc3F)on2)[C@@H](C(=O)N(C)C)C1. The van der Waals surface area contributed by atoms with E-state index in [0.717, 1.165) is 25.1 Å². The molecule has 2 amide bonds. The van der Waals surface area contributed by atoms with E-state index in [9.17, 15) is 18.4 Å². The van der Waals surface area contributed by atoms with Crippen LogP contribution in [0.5, 0.6) is 0 Å². The molecule has 9 heteroatoms. The fourth-order valence-electron chi connectivity index (χ4n) is 4.67. The maximum absolute atomic E-state index is 14.0. The number of nitrogens with zero attached hydrogens (tertiary/aromatic N) is 3. The molecule has 0 unspecified atom stereocenters. The summed E-state index contributed by atoms with van der Waals surface area (Å²) in [4.78, 5) is 29.6. The van der Waals surface area contributed by atoms with Gasteiger partial charge in [0.25, 0.3) is 5.91 Å². The van der Waals surface area contributed by atoms with Crippen molar-refractivity contribution >= 4 is 11.8 Å². The van der Waals surface area contributed by atoms with Crippen LogP contribution in [0.15, 0.2) is 28.8 Å². The fraction of sp³-hybridized carbons (Fsp3) is 0.522. The van der Waals surface area contributed by atoms with E-state index in [1.807, 2.05) is 0 Å². The number of carbonyl (C=O) groups excluding carboxylic acids is 2. The number of rotatable bonds is 5. The summed E-state index contributed by atoms with van der Waals surface area (Å²) in [6.07, 6.45) is 3.00. The van der Waals surface area contributed by atoms with E-state index in [1.165, 1.54) is 18.6 Å². The van der Waals surface area contributed by atoms with Gasteiger partial charge in [0, 0.05) is 51.4 Å². The molecule has 1 aromatic carbocycles. The molecule has 2 aliphatic rings. The van der Waals surface area contributed by atoms with Crippen LogP contribution in [0, 0.1) is 23.5 Å². The van der Waals surface area contributed by atoms with E-state index >= 15 is 0 Å². The predicted molar refractivity (Wildman–Crippen MR) is 114 cm³/mol. The first kappa shape index (κ1) is 22.4. The first-order chi connectivity index (χ1) is 15.2. The number of amides is 2. The molecule has 2 heterocycles. The molecule has 2 fully saturated rings. The molecular formula is C23H28F2N4O3. The quantitative estimate of drug-likeness (QED) is 0.764. The molecule has 1 aromatic heterocycles. The summed E-state index contributed by atoms with van der Waals surface area (Å²) in [5.74, 6) is -1.74. The highest BCUT2D eigenvalue weighted by molar-refractivity contribution is 5.94. The minimum absolute atomic E-state index is 0.0153. The lowest BCUT2D eigenvalue weighted by atomic mass is 9.78. The average molecular weight is 446 g/mol. The summed E-state index contributed by atoms with van der Waals surface area (Å²) < 4.78 is 32.3. The molecule has 1 N–H and O–H groups in total. The Balaban J connectivity index is 1.47. The number of hydrogen-bond donors (Lipinski definition) is 1. The second kappa shape index (κ2) is 8.97. The molecule has 0 spiro atoms. The van der Waals surface area contributed by atoms with Crippen LogP contribution in [0.25, 0.3) is 11.3 Å². The van der Waals surface area contributed by atoms with Gasteiger partial charge in [-0.3, -0.25) is 14.5 Å². The molecule has 0 radical (unpaired) electrons. The maximum Gasteiger partial charge on any atom is 0.273 e. The third-order valence-corrected chi connectivity index (χ3v) is 6.70. The summed E-state index contributed by atoms with van der Waals surface area (Å²) in [5.41, 5.74) is -0.00337. The van der Waals surface area contributed by atoms with Gasteiger partial charge in [0.15, 0.2) is 11.5 Å². The molecule has 4 rings (SSSR count). The van der Waals surface area contributed by atoms with E-state index in [4.69, 9.17) is 4.52 Å². The Morgan fingerprint density at radius 3 is 2.59 bits per heavy atom. The molecule has 2 aromatic rings. The third-order valence-electron chi connectivity index (χ3n) is 6.70. The fourth-order valence-corrected chi connectivity index (χ4v) is 4.67. The maximum atomic E-state index is 14.0. The van der Waals surface area contributed by atoms with E-state index in [0.29, 0.717) is 24.9 Å². The van der Waals surface area contributed by atoms with Crippen LogP contribution in [0.2, 0.25) is 0 Å². The monoisotopic (exact) mass is 446 g/mol. The number of benzene rings is 1. The van der Waals surface area contributed by atoms with Crippen molar-refractivity contribution in [3.63, 3.8) is 0 Å². The first-order valence-corrected chi connectivity index (χ1v) is 10.9. The van der Waals surface area contributed by atoms with Crippen LogP contribution in [0.3, 0.4) is 0 Å². The number of nitrogens with one attached hydrogen (secondary N) is 1. The molecule has 1 aliphatic heterocycles. The third kappa shape index (κ3) is 4.39. The number of halogens is 2. The number of hydrogen-bond acceptors (Lipinski definition) is 5. The predicted octanol–water partition coefficient (Wildman–Crippen LogP) is 2.93. The van der Waals surface area contributed by atoms with Crippen LogP contribution in [0.1, 0.15) is 36.7 Å². The number of piperidine rings is 1. The van der Waals surface area contributed by atoms with E-state index in [2.05, 4.69) is 22.3 Å². The Morgan fingerprint density at radius 2 is 1.97 bits per heavy atom. The van der Waals surface area contributed by atoms with Crippen molar-refractivity contribution < 1.29 is 22.9 Å². The molecular weight excluding hydrogens is 418 g/mol. The van der Waals surface area contributed by atoms with Gasteiger partial charge in [-0.1, -0.05) is 12.1 Å². The summed E-state index contributed by atoms with van der Waals surface area (Å²) in [6, 6.07) is 4.55. The van der Waals surface area contributed by atoms with Crippen molar-refractivity contribution in [2.45, 2.75) is 38.3 Å². The molecule has 1 aliphatic carbocycles. The van der Waals surface area contributed by atoms with Gasteiger partial charge >= 0.3 is 0 Å². The van der Waals surface area contributed by atoms with Gasteiger partial charge in [0.05, 0.1) is 11.5 Å². The van der Waals surface area contributed by atoms with Gasteiger partial charge in [-0.2, -0.15) is 0 Å². The zero-order valence-electron chi connectivity index (χ0n) is 18.5. The van der Waals surface area contributed by atoms with Gasteiger partial charge in [-0.25, -0.2) is 8.78 Å². The molecule has 32 heavy (non-hydrogen) atoms. The molecule has 1 saturated carbocycles. The average Bonchev–Trinajstić information content (AvgIpc) is 3.23. The second-order valence-corrected chi connectivity index (χ2v) is 9.03. The van der Waals surface area contributed by atoms with Crippen molar-refractivity contribution in [2.75, 3.05) is 27.2 Å². The Kier molecular flexibility index (Phi) is 6.28. The highest BCUT2D eigenvalue weighted by atomic mass is 19.1. The van der Waals surface area contributed by atoms with Gasteiger partial charge in [0.2, 0.25) is 5.91 Å². The van der Waals surface area contributed by atoms with Crippen LogP contribution in [0.4, 0.5) is 8.78 Å². The van der Waals surface area contributed by atoms with Gasteiger partial charge in [0.1, 0.15) is 11.6 Å². The van der Waals surface area contributed by atoms with E-state index in [1.54, 1.807) is 19.0 Å². The van der Waals surface area contributed by atoms with Crippen molar-refractivity contribution in [3.05, 3.63) is 41.6 Å². The van der Waals surface area contributed by atoms with Crippen LogP contribution in [-0.2, 0) is 4.79 Å². The standard InChI is InChI=1S/C23H28F2N4O3/c1-13-4-7-20(13)29-9-8-18(16(12-29)23(31)28(2)3)26-22(30)19-11-21(32-27-19)15-6-5-14(24)10-17(15)25/h5-6,10-11,13,16,18,20H,4,7-9,12H2,1-3H3,(H,26,30)/t13-,16-,18-,20-/m0/s1. The van der Waals surface area contributed by atoms with E-state index < -0.39 is 17.5 Å². The van der Waals surface area contributed by atoms with Crippen LogP contribution in [-0.4, -0.2) is 66.0 Å². The Morgan fingerprint density at radius 1 is 1.19 bits per heavy atom. The van der Waals surface area contributed by atoms with E-state index in [-0.39, 0.29) is 34.9 Å². The zero-order valence-corrected chi connectivity index (χ0v) is 18.5. The number of aromatic nitrogens is 1. The van der Waals surface area contributed by atoms with Crippen LogP contribution >= 0.6 is 0 Å². The highest BCUT2D eigenvalue weighted by Gasteiger charge is 2.41. The summed E-state index contributed by atoms with van der Waals surface area (Å²) in [5, 5.41) is 6.68. The highest BCUT2D eigenvalue weighted by Crippen LogP contribution is 2.34. The lowest BCUT2D eigenvalue weighted by Crippen LogP contribution is -2.59. The smallest absolute Gasteiger partial charge is 0.273 e. The summed E-state index contributed by atoms with van der Waals surface area (Å²) in [7, 11) is 3.43. The van der Waals surface area contributed by atoms with Gasteiger partial charge in [-0.05, 0) is 37.3 Å². The van der Waals surface area contributed by atoms with Gasteiger partial charge < -0.3 is 14.7 Å². The minimum Gasteiger partial charge on any atom is -0.355 e. The molecule has 1 saturated heterocycles. The van der Waals surface area contributed by atoms with Crippen molar-refractivity contribution in [3.8, 4) is 11.3 Å². The first-order valence-electron chi connectivity index (χ1n) is 10.9. The second-order valence-electron chi connectivity index (χ2n) is 9.03. The van der Waals surface area contributed by atoms with Crippen molar-refractivity contribution in [1.82, 2.24) is 20.3 Å². The summed E-state index contributed by atoms with van der Waals surface area (Å²) >= 11 is 0. The lowest BCUT2D eigenvalue weighted by molar-refractivity contribution is -0.136. The minimum atomic E-state index is -0.803. The number of carbonyl (C=O) groups is 2. The van der Waals surface area contributed by atoms with Crippen molar-refractivity contribution in [2.24, 2.45) is 11.8 Å². The number of likely N-dealkylation sites (tertiary alicyclic amines) is 1. The molecule has 7 nitrogen and oxygen atoms in total. The van der Waals surface area contributed by atoms with Crippen LogP contribution < -0.4 is 5.32 Å². The largest absolute Gasteiger partial charge is 0.355 e. The molecule has 172 valence electrons. The molecule has 0 bridgehead atoms. The lowest BCUT2D eigenvalue weighted by Gasteiger charge is -2.48.